The Labute approximate surface area is 213 Å². The van der Waals surface area contributed by atoms with E-state index in [-0.39, 0.29) is 5.78 Å². The predicted molar refractivity (Wildman–Crippen MR) is 146 cm³/mol. The van der Waals surface area contributed by atoms with E-state index in [0.29, 0.717) is 18.9 Å². The van der Waals surface area contributed by atoms with Gasteiger partial charge in [0, 0.05) is 55.5 Å². The highest BCUT2D eigenvalue weighted by atomic mass is 16.1. The van der Waals surface area contributed by atoms with Crippen LogP contribution in [0.4, 0.5) is 11.4 Å². The summed E-state index contributed by atoms with van der Waals surface area (Å²) in [5.41, 5.74) is 8.26. The average molecular weight is 479 g/mol. The summed E-state index contributed by atoms with van der Waals surface area (Å²) in [4.78, 5) is 27.6. The van der Waals surface area contributed by atoms with E-state index < -0.39 is 0 Å². The maximum Gasteiger partial charge on any atom is 0.167 e. The molecule has 4 heterocycles. The minimum absolute atomic E-state index is 0.157. The fourth-order valence-electron chi connectivity index (χ4n) is 6.15. The molecule has 2 aromatic carbocycles. The minimum Gasteiger partial charge on any atom is -0.370 e. The lowest BCUT2D eigenvalue weighted by Crippen LogP contribution is -2.39. The molecule has 3 aromatic rings. The number of aliphatic imine (C=N–C) groups is 1. The third-order valence-corrected chi connectivity index (χ3v) is 8.25. The zero-order chi connectivity index (χ0) is 24.6. The summed E-state index contributed by atoms with van der Waals surface area (Å²) in [6.07, 6.45) is 6.84. The molecule has 184 valence electrons. The molecule has 0 aliphatic carbocycles. The number of fused-ring (bicyclic) bond motifs is 1. The Hall–Kier alpha value is -3.31. The predicted octanol–water partition coefficient (Wildman–Crippen LogP) is 5.56. The van der Waals surface area contributed by atoms with Gasteiger partial charge < -0.3 is 4.90 Å². The van der Waals surface area contributed by atoms with Crippen LogP contribution in [0, 0.1) is 6.92 Å². The number of ketones is 1. The first-order valence-electron chi connectivity index (χ1n) is 13.3. The second kappa shape index (κ2) is 9.62. The molecule has 3 aliphatic heterocycles. The lowest BCUT2D eigenvalue weighted by atomic mass is 9.96. The second-order valence-corrected chi connectivity index (χ2v) is 10.6. The van der Waals surface area contributed by atoms with Gasteiger partial charge in [-0.3, -0.25) is 19.7 Å². The number of hydrogen-bond acceptors (Lipinski definition) is 5. The highest BCUT2D eigenvalue weighted by Gasteiger charge is 2.33. The van der Waals surface area contributed by atoms with Crippen molar-refractivity contribution in [3.8, 4) is 0 Å². The molecule has 0 radical (unpaired) electrons. The van der Waals surface area contributed by atoms with Crippen molar-refractivity contribution in [2.45, 2.75) is 58.0 Å². The normalized spacial score (nSPS) is 21.6. The highest BCUT2D eigenvalue weighted by Crippen LogP contribution is 2.31. The molecule has 3 aliphatic rings. The van der Waals surface area contributed by atoms with Crippen LogP contribution >= 0.6 is 0 Å². The molecular weight excluding hydrogens is 444 g/mol. The van der Waals surface area contributed by atoms with E-state index in [1.54, 1.807) is 6.20 Å². The summed E-state index contributed by atoms with van der Waals surface area (Å²) in [6.45, 7) is 7.99. The molecule has 2 saturated heterocycles. The third kappa shape index (κ3) is 4.48. The number of pyridine rings is 1. The largest absolute Gasteiger partial charge is 0.370 e. The van der Waals surface area contributed by atoms with E-state index in [1.807, 2.05) is 36.4 Å². The first-order chi connectivity index (χ1) is 17.5. The Morgan fingerprint density at radius 2 is 1.97 bits per heavy atom. The molecule has 0 amide bonds. The smallest absolute Gasteiger partial charge is 0.167 e. The Kier molecular flexibility index (Phi) is 6.18. The Balaban J connectivity index is 1.11. The quantitative estimate of drug-likeness (QED) is 0.436. The molecule has 0 bridgehead atoms. The Morgan fingerprint density at radius 1 is 1.06 bits per heavy atom. The molecule has 0 saturated carbocycles. The number of aromatic nitrogens is 1. The number of likely N-dealkylation sites (tertiary alicyclic amines) is 1. The molecule has 1 aromatic heterocycles. The molecule has 36 heavy (non-hydrogen) atoms. The van der Waals surface area contributed by atoms with E-state index >= 15 is 0 Å². The number of nitrogens with zero attached hydrogens (tertiary/aromatic N) is 4. The van der Waals surface area contributed by atoms with Crippen molar-refractivity contribution in [3.63, 3.8) is 0 Å². The Bertz CT molecular complexity index is 1320. The lowest BCUT2D eigenvalue weighted by Gasteiger charge is -2.28. The van der Waals surface area contributed by atoms with Crippen molar-refractivity contribution in [2.75, 3.05) is 24.5 Å². The number of Topliss-reactive ketones (excluding diaryl/α,β-unsaturated/α-hetero) is 1. The summed E-state index contributed by atoms with van der Waals surface area (Å²) >= 11 is 0. The van der Waals surface area contributed by atoms with Crippen molar-refractivity contribution < 1.29 is 4.79 Å². The van der Waals surface area contributed by atoms with Gasteiger partial charge in [0.1, 0.15) is 0 Å². The van der Waals surface area contributed by atoms with Gasteiger partial charge in [-0.05, 0) is 98.8 Å². The van der Waals surface area contributed by atoms with Crippen LogP contribution in [0.3, 0.4) is 0 Å². The van der Waals surface area contributed by atoms with Gasteiger partial charge in [0.25, 0.3) is 0 Å². The van der Waals surface area contributed by atoms with E-state index in [0.717, 1.165) is 52.9 Å². The average Bonchev–Trinajstić information content (AvgIpc) is 3.64. The van der Waals surface area contributed by atoms with E-state index in [2.05, 4.69) is 46.8 Å². The maximum atomic E-state index is 13.2. The van der Waals surface area contributed by atoms with Crippen molar-refractivity contribution in [2.24, 2.45) is 4.99 Å². The van der Waals surface area contributed by atoms with Crippen molar-refractivity contribution in [1.29, 1.82) is 0 Å². The number of aryl methyl sites for hydroxylation is 1. The SMILES string of the molecule is Cc1cc(N2CCC(N3CCCC3C)C2)ccc1CC(=O)c1ccc2c(c1)CC(c1ccccn1)=N2. The first kappa shape index (κ1) is 23.1. The summed E-state index contributed by atoms with van der Waals surface area (Å²) in [5, 5.41) is 0. The van der Waals surface area contributed by atoms with Crippen LogP contribution in [0.25, 0.3) is 0 Å². The Morgan fingerprint density at radius 3 is 2.75 bits per heavy atom. The van der Waals surface area contributed by atoms with Gasteiger partial charge in [0.2, 0.25) is 0 Å². The van der Waals surface area contributed by atoms with Gasteiger partial charge in [-0.25, -0.2) is 0 Å². The zero-order valence-electron chi connectivity index (χ0n) is 21.3. The summed E-state index contributed by atoms with van der Waals surface area (Å²) in [7, 11) is 0. The number of rotatable bonds is 6. The monoisotopic (exact) mass is 478 g/mol. The fraction of sp³-hybridized carbons (Fsp3) is 0.387. The van der Waals surface area contributed by atoms with E-state index in [1.165, 1.54) is 37.1 Å². The number of hydrogen-bond donors (Lipinski definition) is 0. The summed E-state index contributed by atoms with van der Waals surface area (Å²) < 4.78 is 0. The van der Waals surface area contributed by atoms with Crippen molar-refractivity contribution in [3.05, 3.63) is 88.7 Å². The van der Waals surface area contributed by atoms with Crippen molar-refractivity contribution in [1.82, 2.24) is 9.88 Å². The minimum atomic E-state index is 0.157. The molecular formula is C31H34N4O. The molecule has 0 N–H and O–H groups in total. The molecule has 5 nitrogen and oxygen atoms in total. The van der Waals surface area contributed by atoms with Gasteiger partial charge in [-0.2, -0.15) is 0 Å². The summed E-state index contributed by atoms with van der Waals surface area (Å²) in [5.74, 6) is 0.157. The van der Waals surface area contributed by atoms with Gasteiger partial charge in [0.05, 0.1) is 17.1 Å². The van der Waals surface area contributed by atoms with Crippen LogP contribution in [-0.2, 0) is 12.8 Å². The van der Waals surface area contributed by atoms with Crippen LogP contribution in [0.1, 0.15) is 58.9 Å². The second-order valence-electron chi connectivity index (χ2n) is 10.6. The van der Waals surface area contributed by atoms with Crippen LogP contribution < -0.4 is 4.90 Å². The van der Waals surface area contributed by atoms with Crippen LogP contribution in [0.15, 0.2) is 65.8 Å². The third-order valence-electron chi connectivity index (χ3n) is 8.25. The standard InChI is InChI=1S/C31H34N4O/c1-21-16-26(34-15-12-27(20-34)35-14-5-6-22(35)2)10-8-23(21)19-31(36)24-9-11-28-25(17-24)18-30(33-28)29-7-3-4-13-32-29/h3-4,7-11,13,16-17,22,27H,5-6,12,14-15,18-20H2,1-2H3. The van der Waals surface area contributed by atoms with Gasteiger partial charge in [0.15, 0.2) is 5.78 Å². The fourth-order valence-corrected chi connectivity index (χ4v) is 6.15. The molecule has 0 spiro atoms. The van der Waals surface area contributed by atoms with Crippen LogP contribution in [0.5, 0.6) is 0 Å². The topological polar surface area (TPSA) is 48.8 Å². The lowest BCUT2D eigenvalue weighted by molar-refractivity contribution is 0.0992. The van der Waals surface area contributed by atoms with Crippen LogP contribution in [0.2, 0.25) is 0 Å². The number of anilines is 1. The van der Waals surface area contributed by atoms with Gasteiger partial charge in [-0.15, -0.1) is 0 Å². The number of carbonyl (C=O) groups excluding carboxylic acids is 1. The van der Waals surface area contributed by atoms with Crippen molar-refractivity contribution >= 4 is 22.9 Å². The van der Waals surface area contributed by atoms with Crippen LogP contribution in [-0.4, -0.2) is 53.1 Å². The van der Waals surface area contributed by atoms with E-state index in [4.69, 9.17) is 4.99 Å². The number of benzene rings is 2. The summed E-state index contributed by atoms with van der Waals surface area (Å²) in [6, 6.07) is 19.8. The number of carbonyl (C=O) groups is 1. The molecule has 2 atom stereocenters. The van der Waals surface area contributed by atoms with E-state index in [9.17, 15) is 4.79 Å². The first-order valence-corrected chi connectivity index (χ1v) is 13.3. The maximum absolute atomic E-state index is 13.2. The molecule has 2 fully saturated rings. The van der Waals surface area contributed by atoms with Gasteiger partial charge in [-0.1, -0.05) is 12.1 Å². The molecule has 5 heteroatoms. The molecule has 6 rings (SSSR count). The zero-order valence-corrected chi connectivity index (χ0v) is 21.3. The highest BCUT2D eigenvalue weighted by molar-refractivity contribution is 6.06. The van der Waals surface area contributed by atoms with Gasteiger partial charge >= 0.3 is 0 Å². The molecule has 2 unspecified atom stereocenters.